The smallest absolute Gasteiger partial charge is 0.410 e. The highest BCUT2D eigenvalue weighted by Crippen LogP contribution is 2.42. The first kappa shape index (κ1) is 32.3. The van der Waals surface area contributed by atoms with Crippen LogP contribution >= 0.6 is 0 Å². The summed E-state index contributed by atoms with van der Waals surface area (Å²) in [6.07, 6.45) is -0.536. The van der Waals surface area contributed by atoms with Crippen LogP contribution in [0.4, 0.5) is 13.6 Å². The number of hydrogen-bond acceptors (Lipinski definition) is 6. The van der Waals surface area contributed by atoms with Crippen LogP contribution in [-0.2, 0) is 30.7 Å². The molecule has 6 rings (SSSR count). The molecule has 2 aromatic carbocycles. The molecular formula is C35H39F2N3O7. The van der Waals surface area contributed by atoms with Gasteiger partial charge in [0, 0.05) is 36.9 Å². The number of alkyl halides is 2. The third-order valence-electron chi connectivity index (χ3n) is 8.86. The first-order chi connectivity index (χ1) is 22.4. The van der Waals surface area contributed by atoms with E-state index in [4.69, 9.17) is 14.2 Å². The maximum atomic E-state index is 14.7. The van der Waals surface area contributed by atoms with E-state index in [1.165, 1.54) is 0 Å². The molecule has 2 amide bonds. The highest BCUT2D eigenvalue weighted by Gasteiger charge is 2.35. The summed E-state index contributed by atoms with van der Waals surface area (Å²) in [5.41, 5.74) is 3.53. The molecule has 1 atom stereocenters. The van der Waals surface area contributed by atoms with Gasteiger partial charge in [-0.15, -0.1) is 0 Å². The van der Waals surface area contributed by atoms with E-state index in [0.29, 0.717) is 47.7 Å². The fourth-order valence-corrected chi connectivity index (χ4v) is 6.71. The van der Waals surface area contributed by atoms with E-state index in [9.17, 15) is 28.3 Å². The zero-order valence-corrected chi connectivity index (χ0v) is 26.8. The Morgan fingerprint density at radius 3 is 2.47 bits per heavy atom. The SMILES string of the molecule is CC(C)(C)OC(=O)N(CC[C@@H]1Cc2ccccc2CN1C(=O)c1cc2c(cc1-c1cc(C(=O)O)c3n1CCCC3)OCO2)CC(F)F. The van der Waals surface area contributed by atoms with Crippen LogP contribution in [0.25, 0.3) is 11.3 Å². The van der Waals surface area contributed by atoms with Gasteiger partial charge in [0.15, 0.2) is 11.5 Å². The summed E-state index contributed by atoms with van der Waals surface area (Å²) in [7, 11) is 0. The summed E-state index contributed by atoms with van der Waals surface area (Å²) in [6, 6.07) is 12.3. The van der Waals surface area contributed by atoms with Gasteiger partial charge in [0.25, 0.3) is 12.3 Å². The summed E-state index contributed by atoms with van der Waals surface area (Å²) in [4.78, 5) is 42.6. The molecule has 1 N–H and O–H groups in total. The van der Waals surface area contributed by atoms with E-state index in [-0.39, 0.29) is 37.8 Å². The second-order valence-electron chi connectivity index (χ2n) is 13.2. The molecular weight excluding hydrogens is 612 g/mol. The molecule has 0 saturated carbocycles. The van der Waals surface area contributed by atoms with Gasteiger partial charge in [-0.1, -0.05) is 24.3 Å². The van der Waals surface area contributed by atoms with Crippen molar-refractivity contribution in [2.45, 2.75) is 84.0 Å². The molecule has 3 aliphatic heterocycles. The van der Waals surface area contributed by atoms with E-state index < -0.39 is 36.7 Å². The molecule has 4 heterocycles. The normalized spacial score (nSPS) is 16.9. The number of aromatic carboxylic acids is 1. The molecule has 0 fully saturated rings. The van der Waals surface area contributed by atoms with Gasteiger partial charge in [-0.25, -0.2) is 18.4 Å². The Morgan fingerprint density at radius 1 is 1.04 bits per heavy atom. The van der Waals surface area contributed by atoms with Crippen LogP contribution in [0.2, 0.25) is 0 Å². The number of ether oxygens (including phenoxy) is 3. The first-order valence-electron chi connectivity index (χ1n) is 15.9. The van der Waals surface area contributed by atoms with Gasteiger partial charge in [-0.3, -0.25) is 4.79 Å². The average Bonchev–Trinajstić information content (AvgIpc) is 3.65. The number of carbonyl (C=O) groups is 3. The minimum atomic E-state index is -2.76. The first-order valence-corrected chi connectivity index (χ1v) is 15.9. The Kier molecular flexibility index (Phi) is 8.86. The van der Waals surface area contributed by atoms with Gasteiger partial charge >= 0.3 is 12.1 Å². The Bertz CT molecular complexity index is 1700. The third-order valence-corrected chi connectivity index (χ3v) is 8.86. The molecule has 3 aliphatic rings. The van der Waals surface area contributed by atoms with Crippen LogP contribution < -0.4 is 9.47 Å². The molecule has 1 aromatic heterocycles. The maximum absolute atomic E-state index is 14.7. The van der Waals surface area contributed by atoms with Gasteiger partial charge in [0.1, 0.15) is 5.60 Å². The predicted molar refractivity (Wildman–Crippen MR) is 168 cm³/mol. The zero-order chi connectivity index (χ0) is 33.5. The summed E-state index contributed by atoms with van der Waals surface area (Å²) >= 11 is 0. The number of carboxylic acids is 1. The summed E-state index contributed by atoms with van der Waals surface area (Å²) in [6.45, 7) is 5.06. The van der Waals surface area contributed by atoms with E-state index in [0.717, 1.165) is 34.6 Å². The summed E-state index contributed by atoms with van der Waals surface area (Å²) < 4.78 is 45.9. The van der Waals surface area contributed by atoms with Crippen molar-refractivity contribution in [1.82, 2.24) is 14.4 Å². The third kappa shape index (κ3) is 6.77. The highest BCUT2D eigenvalue weighted by atomic mass is 19.3. The standard InChI is InChI=1S/C35H39F2N3O7/c1-35(2,3)47-34(44)38(19-31(36)37)13-11-23-14-21-8-4-5-9-22(21)18-40(23)32(41)25-17-30-29(45-20-46-30)16-24(25)28-15-26(33(42)43)27-10-6-7-12-39(27)28/h4-5,8-9,15-17,23,31H,6-7,10-14,18-20H2,1-3H3,(H,42,43)/t23-/m1/s1. The second-order valence-corrected chi connectivity index (χ2v) is 13.2. The van der Waals surface area contributed by atoms with Crippen LogP contribution in [0.15, 0.2) is 42.5 Å². The predicted octanol–water partition coefficient (Wildman–Crippen LogP) is 6.38. The van der Waals surface area contributed by atoms with Crippen LogP contribution in [0.1, 0.15) is 77.6 Å². The lowest BCUT2D eigenvalue weighted by Crippen LogP contribution is -2.47. The quantitative estimate of drug-likeness (QED) is 0.301. The molecule has 0 spiro atoms. The largest absolute Gasteiger partial charge is 0.478 e. The molecule has 10 nitrogen and oxygen atoms in total. The van der Waals surface area contributed by atoms with E-state index in [1.807, 2.05) is 28.8 Å². The number of fused-ring (bicyclic) bond motifs is 3. The van der Waals surface area contributed by atoms with Crippen molar-refractivity contribution in [3.63, 3.8) is 0 Å². The zero-order valence-electron chi connectivity index (χ0n) is 26.8. The molecule has 250 valence electrons. The number of carbonyl (C=O) groups excluding carboxylic acids is 2. The maximum Gasteiger partial charge on any atom is 0.410 e. The number of amides is 2. The highest BCUT2D eigenvalue weighted by molar-refractivity contribution is 6.03. The number of carboxylic acid groups (broad SMARTS) is 1. The van der Waals surface area contributed by atoms with E-state index >= 15 is 0 Å². The van der Waals surface area contributed by atoms with Crippen molar-refractivity contribution in [2.75, 3.05) is 19.9 Å². The van der Waals surface area contributed by atoms with Gasteiger partial charge in [0.05, 0.1) is 23.4 Å². The van der Waals surface area contributed by atoms with Crippen molar-refractivity contribution in [3.8, 4) is 22.8 Å². The number of benzene rings is 2. The molecule has 12 heteroatoms. The lowest BCUT2D eigenvalue weighted by Gasteiger charge is -2.38. The molecule has 0 radical (unpaired) electrons. The van der Waals surface area contributed by atoms with E-state index in [2.05, 4.69) is 0 Å². The fraction of sp³-hybridized carbons (Fsp3) is 0.457. The summed E-state index contributed by atoms with van der Waals surface area (Å²) in [5.74, 6) is -0.483. The Balaban J connectivity index is 1.38. The molecule has 0 aliphatic carbocycles. The van der Waals surface area contributed by atoms with Gasteiger partial charge in [-0.2, -0.15) is 0 Å². The minimum absolute atomic E-state index is 0.0105. The number of rotatable bonds is 8. The van der Waals surface area contributed by atoms with Crippen LogP contribution in [0, 0.1) is 0 Å². The number of aromatic nitrogens is 1. The number of nitrogens with zero attached hydrogens (tertiary/aromatic N) is 3. The lowest BCUT2D eigenvalue weighted by atomic mass is 9.90. The number of halogens is 2. The minimum Gasteiger partial charge on any atom is -0.478 e. The molecule has 47 heavy (non-hydrogen) atoms. The topological polar surface area (TPSA) is 111 Å². The van der Waals surface area contributed by atoms with Gasteiger partial charge < -0.3 is 33.7 Å². The second kappa shape index (κ2) is 12.9. The van der Waals surface area contributed by atoms with Crippen molar-refractivity contribution >= 4 is 18.0 Å². The van der Waals surface area contributed by atoms with Gasteiger partial charge in [0.2, 0.25) is 6.79 Å². The Labute approximate surface area is 271 Å². The Morgan fingerprint density at radius 2 is 1.77 bits per heavy atom. The van der Waals surface area contributed by atoms with Crippen LogP contribution in [0.5, 0.6) is 11.5 Å². The lowest BCUT2D eigenvalue weighted by molar-refractivity contribution is 0.00793. The molecule has 0 bridgehead atoms. The van der Waals surface area contributed by atoms with Crippen molar-refractivity contribution < 1.29 is 42.5 Å². The number of hydrogen-bond donors (Lipinski definition) is 1. The molecule has 0 saturated heterocycles. The molecule has 3 aromatic rings. The summed E-state index contributed by atoms with van der Waals surface area (Å²) in [5, 5.41) is 10.0. The van der Waals surface area contributed by atoms with Gasteiger partial charge in [-0.05, 0) is 82.2 Å². The van der Waals surface area contributed by atoms with Crippen molar-refractivity contribution in [1.29, 1.82) is 0 Å². The Hall–Kier alpha value is -4.61. The van der Waals surface area contributed by atoms with E-state index in [1.54, 1.807) is 43.9 Å². The monoisotopic (exact) mass is 651 g/mol. The van der Waals surface area contributed by atoms with Crippen molar-refractivity contribution in [3.05, 3.63) is 70.4 Å². The molecule has 0 unspecified atom stereocenters. The fourth-order valence-electron chi connectivity index (χ4n) is 6.71. The van der Waals surface area contributed by atoms with Crippen molar-refractivity contribution in [2.24, 2.45) is 0 Å². The van der Waals surface area contributed by atoms with Crippen LogP contribution in [-0.4, -0.2) is 75.4 Å². The van der Waals surface area contributed by atoms with Crippen LogP contribution in [0.3, 0.4) is 0 Å². The average molecular weight is 652 g/mol.